The normalized spacial score (nSPS) is 22.3. The summed E-state index contributed by atoms with van der Waals surface area (Å²) in [6.07, 6.45) is 2.56. The Morgan fingerprint density at radius 1 is 0.514 bits per heavy atom. The van der Waals surface area contributed by atoms with Crippen molar-refractivity contribution in [3.05, 3.63) is 116 Å². The van der Waals surface area contributed by atoms with Crippen molar-refractivity contribution in [3.63, 3.8) is 0 Å². The maximum Gasteiger partial charge on any atom is -0.0134 e. The van der Waals surface area contributed by atoms with Gasteiger partial charge in [0.2, 0.25) is 0 Å². The molecule has 1 aliphatic carbocycles. The standard InChI is InChI=1S/C18H15P.C10H20.C4H4.ClH.Ru/c1-4-10-16(11-5-1)19(17-12-6-2-7-13-17)18-14-8-3-9-15-18;1-6-7(2)9(4)10(5)8(6)3;1-3-4-2;;/h1-15H;6-10H,1-5H3;1-4H;1H;/q;;-2;;+4/p-1. The van der Waals surface area contributed by atoms with Crippen LogP contribution in [0.4, 0.5) is 0 Å². The molecular formula is C32H39ClPRu+. The summed E-state index contributed by atoms with van der Waals surface area (Å²) in [7, 11) is 4.12. The monoisotopic (exact) mass is 591 g/mol. The molecule has 4 rings (SSSR count). The van der Waals surface area contributed by atoms with Gasteiger partial charge < -0.3 is 25.3 Å². The zero-order valence-electron chi connectivity index (χ0n) is 21.5. The van der Waals surface area contributed by atoms with Gasteiger partial charge in [-0.2, -0.15) is 0 Å². The Bertz CT molecular complexity index is 800. The van der Waals surface area contributed by atoms with Crippen LogP contribution in [0.3, 0.4) is 0 Å². The molecule has 3 heteroatoms. The number of halogens is 1. The van der Waals surface area contributed by atoms with E-state index in [9.17, 15) is 0 Å². The largest absolute Gasteiger partial charge is 0.0622 e. The molecule has 0 heterocycles. The summed E-state index contributed by atoms with van der Waals surface area (Å²) in [5, 5.41) is 4.19. The third-order valence-corrected chi connectivity index (χ3v) is 9.74. The first kappa shape index (κ1) is 31.5. The van der Waals surface area contributed by atoms with E-state index in [-0.39, 0.29) is 0 Å². The van der Waals surface area contributed by atoms with Gasteiger partial charge in [0.05, 0.1) is 0 Å². The first-order chi connectivity index (χ1) is 16.9. The molecule has 0 unspecified atom stereocenters. The Kier molecular flexibility index (Phi) is 16.1. The fourth-order valence-electron chi connectivity index (χ4n) is 4.57. The molecule has 186 valence electrons. The Morgan fingerprint density at radius 2 is 0.714 bits per heavy atom. The van der Waals surface area contributed by atoms with Crippen molar-refractivity contribution in [1.29, 1.82) is 0 Å². The number of allylic oxidation sites excluding steroid dienone is 2. The quantitative estimate of drug-likeness (QED) is 0.124. The van der Waals surface area contributed by atoms with E-state index in [2.05, 4.69) is 135 Å². The molecule has 0 bridgehead atoms. The Hall–Kier alpha value is -1.52. The van der Waals surface area contributed by atoms with Gasteiger partial charge in [0, 0.05) is 0 Å². The van der Waals surface area contributed by atoms with Crippen LogP contribution in [0.15, 0.2) is 103 Å². The van der Waals surface area contributed by atoms with Crippen LogP contribution in [0.1, 0.15) is 34.6 Å². The van der Waals surface area contributed by atoms with Crippen LogP contribution in [-0.4, -0.2) is 0 Å². The second-order valence-corrected chi connectivity index (χ2v) is 11.2. The number of rotatable bonds is 4. The smallest absolute Gasteiger partial charge is 0.0134 e. The van der Waals surface area contributed by atoms with Crippen LogP contribution in [0.25, 0.3) is 0 Å². The van der Waals surface area contributed by atoms with Crippen LogP contribution in [-0.2, 0) is 17.3 Å². The maximum atomic E-state index is 4.72. The van der Waals surface area contributed by atoms with Crippen LogP contribution in [0, 0.1) is 42.7 Å². The molecule has 0 aromatic heterocycles. The van der Waals surface area contributed by atoms with Gasteiger partial charge in [-0.15, -0.1) is 0 Å². The molecule has 0 atom stereocenters. The molecule has 0 nitrogen and oxygen atoms in total. The molecule has 0 spiro atoms. The third kappa shape index (κ3) is 9.81. The van der Waals surface area contributed by atoms with Crippen molar-refractivity contribution in [3.8, 4) is 0 Å². The summed E-state index contributed by atoms with van der Waals surface area (Å²) in [4.78, 5) is 0. The van der Waals surface area contributed by atoms with Gasteiger partial charge >= 0.3 is 27.0 Å². The van der Waals surface area contributed by atoms with Gasteiger partial charge in [-0.1, -0.05) is 126 Å². The van der Waals surface area contributed by atoms with Crippen LogP contribution >= 0.6 is 17.6 Å². The van der Waals surface area contributed by atoms with E-state index in [0.717, 1.165) is 29.6 Å². The fourth-order valence-corrected chi connectivity index (χ4v) is 6.88. The molecule has 3 aromatic rings. The summed E-state index contributed by atoms with van der Waals surface area (Å²) < 4.78 is 0. The predicted molar refractivity (Wildman–Crippen MR) is 155 cm³/mol. The summed E-state index contributed by atoms with van der Waals surface area (Å²) in [5.41, 5.74) is 0. The second kappa shape index (κ2) is 17.8. The molecule has 0 aliphatic heterocycles. The van der Waals surface area contributed by atoms with E-state index in [1.54, 1.807) is 0 Å². The molecule has 0 N–H and O–H groups in total. The fraction of sp³-hybridized carbons (Fsp3) is 0.312. The Morgan fingerprint density at radius 3 is 0.886 bits per heavy atom. The van der Waals surface area contributed by atoms with Gasteiger partial charge in [-0.3, -0.25) is 0 Å². The number of benzene rings is 3. The van der Waals surface area contributed by atoms with Gasteiger partial charge in [-0.05, 0) is 53.4 Å². The molecule has 35 heavy (non-hydrogen) atoms. The first-order valence-electron chi connectivity index (χ1n) is 12.1. The van der Waals surface area contributed by atoms with E-state index >= 15 is 0 Å². The van der Waals surface area contributed by atoms with E-state index < -0.39 is 7.92 Å². The summed E-state index contributed by atoms with van der Waals surface area (Å²) in [6.45, 7) is 21.4. The van der Waals surface area contributed by atoms with E-state index in [1.165, 1.54) is 28.1 Å². The maximum absolute atomic E-state index is 4.72. The molecule has 1 fully saturated rings. The molecule has 1 aliphatic rings. The van der Waals surface area contributed by atoms with Gasteiger partial charge in [0.25, 0.3) is 0 Å². The minimum atomic E-state index is -0.446. The number of hydrogen-bond acceptors (Lipinski definition) is 0. The minimum Gasteiger partial charge on any atom is -0.0622 e. The van der Waals surface area contributed by atoms with Crippen molar-refractivity contribution in [1.82, 2.24) is 0 Å². The minimum absolute atomic E-state index is 0.446. The third-order valence-electron chi connectivity index (χ3n) is 7.30. The van der Waals surface area contributed by atoms with Crippen LogP contribution in [0.2, 0.25) is 0 Å². The van der Waals surface area contributed by atoms with E-state index in [1.807, 2.05) is 17.3 Å². The first-order valence-corrected chi connectivity index (χ1v) is 15.7. The molecular weight excluding hydrogens is 552 g/mol. The van der Waals surface area contributed by atoms with Crippen molar-refractivity contribution >= 4 is 33.5 Å². The summed E-state index contributed by atoms with van der Waals surface area (Å²) >= 11 is 1.82. The van der Waals surface area contributed by atoms with Crippen molar-refractivity contribution < 1.29 is 17.3 Å². The Balaban J connectivity index is 0.000000322. The average Bonchev–Trinajstić information content (AvgIpc) is 3.10. The SMILES string of the molecule is CC1C(C)C(C)C(C)C1C.[CH-]=CC=[CH-].[Cl][Ru+3].c1ccc(P(c2ccccc2)c2ccccc2)cc1. The van der Waals surface area contributed by atoms with Crippen molar-refractivity contribution in [2.24, 2.45) is 29.6 Å². The molecule has 0 radical (unpaired) electrons. The zero-order chi connectivity index (χ0) is 26.2. The predicted octanol–water partition coefficient (Wildman–Crippen LogP) is 8.28. The molecule has 0 saturated heterocycles. The topological polar surface area (TPSA) is 0 Å². The molecule has 0 amide bonds. The van der Waals surface area contributed by atoms with E-state index in [0.29, 0.717) is 0 Å². The summed E-state index contributed by atoms with van der Waals surface area (Å²) in [5.74, 6) is 4.68. The Labute approximate surface area is 230 Å². The zero-order valence-corrected chi connectivity index (χ0v) is 24.9. The molecule has 1 saturated carbocycles. The summed E-state index contributed by atoms with van der Waals surface area (Å²) in [6, 6.07) is 32.3. The van der Waals surface area contributed by atoms with Crippen LogP contribution < -0.4 is 15.9 Å². The van der Waals surface area contributed by atoms with Gasteiger partial charge in [-0.25, -0.2) is 0 Å². The second-order valence-electron chi connectivity index (χ2n) is 9.02. The van der Waals surface area contributed by atoms with Gasteiger partial charge in [0.1, 0.15) is 0 Å². The molecule has 3 aromatic carbocycles. The average molecular weight is 591 g/mol. The van der Waals surface area contributed by atoms with Crippen LogP contribution in [0.5, 0.6) is 0 Å². The van der Waals surface area contributed by atoms with Gasteiger partial charge in [0.15, 0.2) is 0 Å². The number of hydrogen-bond donors (Lipinski definition) is 0. The van der Waals surface area contributed by atoms with Crippen molar-refractivity contribution in [2.45, 2.75) is 34.6 Å². The van der Waals surface area contributed by atoms with Crippen molar-refractivity contribution in [2.75, 3.05) is 0 Å². The van der Waals surface area contributed by atoms with E-state index in [4.69, 9.17) is 13.2 Å².